The lowest BCUT2D eigenvalue weighted by molar-refractivity contribution is 0.282. The molecule has 0 atom stereocenters. The first-order valence-corrected chi connectivity index (χ1v) is 11.0. The van der Waals surface area contributed by atoms with Crippen molar-refractivity contribution in [3.05, 3.63) is 64.8 Å². The van der Waals surface area contributed by atoms with Gasteiger partial charge < -0.3 is 4.90 Å². The molecule has 1 heterocycles. The van der Waals surface area contributed by atoms with Crippen LogP contribution in [0.3, 0.4) is 0 Å². The Morgan fingerprint density at radius 3 is 2.21 bits per heavy atom. The molecule has 1 heteroatoms. The summed E-state index contributed by atoms with van der Waals surface area (Å²) in [4.78, 5) is 2.61. The van der Waals surface area contributed by atoms with E-state index in [2.05, 4.69) is 83.4 Å². The van der Waals surface area contributed by atoms with Crippen LogP contribution < -0.4 is 4.90 Å². The third kappa shape index (κ3) is 4.29. The third-order valence-electron chi connectivity index (χ3n) is 6.79. The van der Waals surface area contributed by atoms with Crippen molar-refractivity contribution in [2.75, 3.05) is 18.0 Å². The van der Waals surface area contributed by atoms with Crippen molar-refractivity contribution in [2.45, 2.75) is 73.6 Å². The number of nitrogens with zero attached hydrogens (tertiary/aromatic N) is 1. The van der Waals surface area contributed by atoms with E-state index in [1.54, 1.807) is 0 Å². The zero-order chi connectivity index (χ0) is 20.5. The Hall–Kier alpha value is -1.76. The minimum atomic E-state index is 0.328. The highest BCUT2D eigenvalue weighted by molar-refractivity contribution is 5.55. The van der Waals surface area contributed by atoms with Gasteiger partial charge in [0.05, 0.1) is 0 Å². The molecule has 1 spiro atoms. The molecule has 0 unspecified atom stereocenters. The van der Waals surface area contributed by atoms with Gasteiger partial charge in [0.2, 0.25) is 0 Å². The largest absolute Gasteiger partial charge is 0.371 e. The molecule has 1 aliphatic carbocycles. The Kier molecular flexibility index (Phi) is 5.94. The average molecular weight is 378 g/mol. The van der Waals surface area contributed by atoms with E-state index in [0.717, 1.165) is 19.5 Å². The summed E-state index contributed by atoms with van der Waals surface area (Å²) in [5.74, 6) is 0. The molecule has 0 N–H and O–H groups in total. The van der Waals surface area contributed by atoms with Gasteiger partial charge in [0.25, 0.3) is 0 Å². The summed E-state index contributed by atoms with van der Waals surface area (Å²) in [6.45, 7) is 20.3. The molecule has 3 rings (SSSR count). The second-order valence-electron chi connectivity index (χ2n) is 10.3. The van der Waals surface area contributed by atoms with Gasteiger partial charge in [0.15, 0.2) is 0 Å². The smallest absolute Gasteiger partial charge is 0.0371 e. The SMILES string of the molecule is C=C1CCC2(CCN(c3cc(C)c(CC(C)(C)C)c(C)c3)CC2)/C1=C/C=C\C. The zero-order valence-electron chi connectivity index (χ0n) is 19.0. The van der Waals surface area contributed by atoms with E-state index < -0.39 is 0 Å². The van der Waals surface area contributed by atoms with Gasteiger partial charge in [0, 0.05) is 18.8 Å². The average Bonchev–Trinajstić information content (AvgIpc) is 2.91. The molecule has 1 aliphatic heterocycles. The number of hydrogen-bond acceptors (Lipinski definition) is 1. The maximum Gasteiger partial charge on any atom is 0.0371 e. The van der Waals surface area contributed by atoms with Gasteiger partial charge in [-0.25, -0.2) is 0 Å². The molecular weight excluding hydrogens is 338 g/mol. The molecule has 0 amide bonds. The first kappa shape index (κ1) is 21.0. The van der Waals surface area contributed by atoms with Gasteiger partial charge in [0.1, 0.15) is 0 Å². The lowest BCUT2D eigenvalue weighted by Crippen LogP contribution is -2.39. The number of aryl methyl sites for hydroxylation is 2. The van der Waals surface area contributed by atoms with Crippen LogP contribution in [0.1, 0.15) is 70.1 Å². The fourth-order valence-corrected chi connectivity index (χ4v) is 5.20. The molecule has 28 heavy (non-hydrogen) atoms. The second-order valence-corrected chi connectivity index (χ2v) is 10.3. The quantitative estimate of drug-likeness (QED) is 0.533. The molecule has 1 aromatic rings. The van der Waals surface area contributed by atoms with Crippen LogP contribution in [-0.2, 0) is 6.42 Å². The van der Waals surface area contributed by atoms with Gasteiger partial charge >= 0.3 is 0 Å². The Morgan fingerprint density at radius 1 is 1.07 bits per heavy atom. The van der Waals surface area contributed by atoms with E-state index >= 15 is 0 Å². The van der Waals surface area contributed by atoms with Crippen molar-refractivity contribution >= 4 is 5.69 Å². The van der Waals surface area contributed by atoms with Gasteiger partial charge in [-0.1, -0.05) is 51.2 Å². The molecule has 1 aromatic carbocycles. The van der Waals surface area contributed by atoms with E-state index in [1.807, 2.05) is 0 Å². The number of piperidine rings is 1. The molecule has 1 saturated heterocycles. The highest BCUT2D eigenvalue weighted by Gasteiger charge is 2.42. The van der Waals surface area contributed by atoms with Crippen LogP contribution in [0, 0.1) is 24.7 Å². The van der Waals surface area contributed by atoms with Crippen molar-refractivity contribution in [3.63, 3.8) is 0 Å². The lowest BCUT2D eigenvalue weighted by Gasteiger charge is -2.42. The summed E-state index contributed by atoms with van der Waals surface area (Å²) < 4.78 is 0. The van der Waals surface area contributed by atoms with Crippen LogP contribution in [0.15, 0.2) is 48.1 Å². The van der Waals surface area contributed by atoms with E-state index in [1.165, 1.54) is 59.2 Å². The molecule has 1 saturated carbocycles. The van der Waals surface area contributed by atoms with Crippen LogP contribution in [0.4, 0.5) is 5.69 Å². The standard InChI is InChI=1S/C27H39N/c1-8-9-10-25-20(2)11-12-27(25)13-15-28(16-14-27)23-17-21(3)24(22(4)18-23)19-26(5,6)7/h8-10,17-18H,2,11-16,19H2,1,3-7H3/b9-8-,25-10+. The van der Waals surface area contributed by atoms with Crippen molar-refractivity contribution < 1.29 is 0 Å². The van der Waals surface area contributed by atoms with Crippen molar-refractivity contribution in [3.8, 4) is 0 Å². The van der Waals surface area contributed by atoms with Crippen molar-refractivity contribution in [1.29, 1.82) is 0 Å². The normalized spacial score (nSPS) is 21.4. The molecule has 0 bridgehead atoms. The second kappa shape index (κ2) is 7.93. The summed E-state index contributed by atoms with van der Waals surface area (Å²) in [5.41, 5.74) is 9.44. The van der Waals surface area contributed by atoms with E-state index in [-0.39, 0.29) is 0 Å². The van der Waals surface area contributed by atoms with Gasteiger partial charge in [-0.15, -0.1) is 0 Å². The summed E-state index contributed by atoms with van der Waals surface area (Å²) in [6, 6.07) is 4.85. The fraction of sp³-hybridized carbons (Fsp3) is 0.556. The highest BCUT2D eigenvalue weighted by Crippen LogP contribution is 2.52. The molecule has 2 aliphatic rings. The summed E-state index contributed by atoms with van der Waals surface area (Å²) in [5, 5.41) is 0. The molecule has 152 valence electrons. The van der Waals surface area contributed by atoms with E-state index in [4.69, 9.17) is 0 Å². The van der Waals surface area contributed by atoms with E-state index in [9.17, 15) is 0 Å². The number of hydrogen-bond donors (Lipinski definition) is 0. The Labute approximate surface area is 173 Å². The maximum atomic E-state index is 4.36. The van der Waals surface area contributed by atoms with Gasteiger partial charge in [-0.2, -0.15) is 0 Å². The topological polar surface area (TPSA) is 3.24 Å². The van der Waals surface area contributed by atoms with E-state index in [0.29, 0.717) is 10.8 Å². The minimum Gasteiger partial charge on any atom is -0.371 e. The van der Waals surface area contributed by atoms with Gasteiger partial charge in [-0.3, -0.25) is 0 Å². The van der Waals surface area contributed by atoms with Crippen LogP contribution in [-0.4, -0.2) is 13.1 Å². The number of anilines is 1. The van der Waals surface area contributed by atoms with Crippen LogP contribution in [0.5, 0.6) is 0 Å². The van der Waals surface area contributed by atoms with Crippen LogP contribution in [0.2, 0.25) is 0 Å². The molecule has 0 aromatic heterocycles. The summed E-state index contributed by atoms with van der Waals surface area (Å²) in [7, 11) is 0. The Morgan fingerprint density at radius 2 is 1.68 bits per heavy atom. The third-order valence-corrected chi connectivity index (χ3v) is 6.79. The summed E-state index contributed by atoms with van der Waals surface area (Å²) >= 11 is 0. The van der Waals surface area contributed by atoms with Crippen molar-refractivity contribution in [2.24, 2.45) is 10.8 Å². The van der Waals surface area contributed by atoms with Gasteiger partial charge in [-0.05, 0) is 98.1 Å². The maximum absolute atomic E-state index is 4.36. The van der Waals surface area contributed by atoms with Crippen molar-refractivity contribution in [1.82, 2.24) is 0 Å². The first-order valence-electron chi connectivity index (χ1n) is 11.0. The number of benzene rings is 1. The molecule has 1 nitrogen and oxygen atoms in total. The highest BCUT2D eigenvalue weighted by atomic mass is 15.1. The number of allylic oxidation sites excluding steroid dienone is 5. The monoisotopic (exact) mass is 377 g/mol. The summed E-state index contributed by atoms with van der Waals surface area (Å²) in [6.07, 6.45) is 12.8. The van der Waals surface area contributed by atoms with Crippen LogP contribution in [0.25, 0.3) is 0 Å². The molecular formula is C27H39N. The molecule has 0 radical (unpaired) electrons. The molecule has 2 fully saturated rings. The fourth-order valence-electron chi connectivity index (χ4n) is 5.20. The minimum absolute atomic E-state index is 0.328. The predicted octanol–water partition coefficient (Wildman–Crippen LogP) is 7.33. The Bertz CT molecular complexity index is 769. The zero-order valence-corrected chi connectivity index (χ0v) is 19.0. The Balaban J connectivity index is 1.78. The predicted molar refractivity (Wildman–Crippen MR) is 124 cm³/mol. The first-order chi connectivity index (χ1) is 13.1. The van der Waals surface area contributed by atoms with Crippen LogP contribution >= 0.6 is 0 Å². The lowest BCUT2D eigenvalue weighted by atomic mass is 9.73. The number of rotatable bonds is 3.